The lowest BCUT2D eigenvalue weighted by molar-refractivity contribution is -0.126. The molecule has 0 spiro atoms. The number of nitrogens with zero attached hydrogens (tertiary/aromatic N) is 1. The summed E-state index contributed by atoms with van der Waals surface area (Å²) in [4.78, 5) is 14.7. The highest BCUT2D eigenvalue weighted by molar-refractivity contribution is 7.97. The Morgan fingerprint density at radius 1 is 0.743 bits per heavy atom. The van der Waals surface area contributed by atoms with Gasteiger partial charge in [-0.25, -0.2) is 8.42 Å². The van der Waals surface area contributed by atoms with Crippen molar-refractivity contribution in [1.82, 2.24) is 4.90 Å². The molecule has 1 aliphatic rings. The summed E-state index contributed by atoms with van der Waals surface area (Å²) in [5, 5.41) is -1.09. The Bertz CT molecular complexity index is 1470. The summed E-state index contributed by atoms with van der Waals surface area (Å²) in [6, 6.07) is 34.6. The smallest absolute Gasteiger partial charge is 0.267 e. The average Bonchev–Trinajstić information content (AvgIpc) is 3.06. The highest BCUT2D eigenvalue weighted by Crippen LogP contribution is 2.41. The van der Waals surface area contributed by atoms with Gasteiger partial charge < -0.3 is 9.64 Å². The highest BCUT2D eigenvalue weighted by Gasteiger charge is 2.49. The van der Waals surface area contributed by atoms with Crippen molar-refractivity contribution in [2.75, 3.05) is 0 Å². The average molecular weight is 482 g/mol. The predicted octanol–water partition coefficient (Wildman–Crippen LogP) is 5.98. The SMILES string of the molecule is O=C1/C(=C\c2cccc(Oc3ccccc3)c2)S(=O)(=O)C(c2ccccc2)N1Cc1ccccc1. The van der Waals surface area contributed by atoms with Crippen LogP contribution in [0.5, 0.6) is 11.5 Å². The maximum absolute atomic E-state index is 13.7. The Kier molecular flexibility index (Phi) is 6.21. The number of hydrogen-bond acceptors (Lipinski definition) is 4. The molecular weight excluding hydrogens is 458 g/mol. The van der Waals surface area contributed by atoms with Gasteiger partial charge in [-0.1, -0.05) is 91.0 Å². The summed E-state index contributed by atoms with van der Waals surface area (Å²) >= 11 is 0. The summed E-state index contributed by atoms with van der Waals surface area (Å²) in [6.45, 7) is 0.187. The number of carbonyl (C=O) groups excluding carboxylic acids is 1. The molecule has 1 atom stereocenters. The molecule has 6 heteroatoms. The number of rotatable bonds is 6. The van der Waals surface area contributed by atoms with E-state index < -0.39 is 21.1 Å². The largest absolute Gasteiger partial charge is 0.457 e. The van der Waals surface area contributed by atoms with Crippen LogP contribution in [0, 0.1) is 0 Å². The van der Waals surface area contributed by atoms with Gasteiger partial charge in [0.2, 0.25) is 9.84 Å². The zero-order valence-electron chi connectivity index (χ0n) is 18.8. The van der Waals surface area contributed by atoms with Gasteiger partial charge in [0.15, 0.2) is 5.37 Å². The van der Waals surface area contributed by atoms with Crippen LogP contribution in [0.1, 0.15) is 22.1 Å². The Labute approximate surface area is 204 Å². The Morgan fingerprint density at radius 3 is 2.03 bits per heavy atom. The molecule has 0 bridgehead atoms. The molecule has 0 saturated carbocycles. The lowest BCUT2D eigenvalue weighted by atomic mass is 10.1. The molecule has 1 unspecified atom stereocenters. The van der Waals surface area contributed by atoms with Crippen molar-refractivity contribution in [3.8, 4) is 11.5 Å². The number of ether oxygens (including phenoxy) is 1. The zero-order valence-corrected chi connectivity index (χ0v) is 19.6. The molecule has 0 aromatic heterocycles. The molecular formula is C29H23NO4S. The van der Waals surface area contributed by atoms with Gasteiger partial charge in [0.05, 0.1) is 0 Å². The van der Waals surface area contributed by atoms with Crippen LogP contribution in [0.15, 0.2) is 120 Å². The van der Waals surface area contributed by atoms with Gasteiger partial charge in [0.25, 0.3) is 5.91 Å². The van der Waals surface area contributed by atoms with E-state index in [9.17, 15) is 13.2 Å². The standard InChI is InChI=1S/C29H23NO4S/c31-28-27(20-23-13-10-18-26(19-23)34-25-16-8-3-9-17-25)35(32,33)29(24-14-6-2-7-15-24)30(28)21-22-11-4-1-5-12-22/h1-20,29H,21H2/b27-20+. The topological polar surface area (TPSA) is 63.7 Å². The molecule has 4 aromatic carbocycles. The van der Waals surface area contributed by atoms with E-state index in [1.807, 2.05) is 66.7 Å². The third kappa shape index (κ3) is 4.74. The van der Waals surface area contributed by atoms with Gasteiger partial charge in [-0.3, -0.25) is 4.79 Å². The van der Waals surface area contributed by atoms with Crippen LogP contribution < -0.4 is 4.74 Å². The lowest BCUT2D eigenvalue weighted by Crippen LogP contribution is -2.28. The van der Waals surface area contributed by atoms with Gasteiger partial charge in [-0.05, 0) is 47.0 Å². The molecule has 0 N–H and O–H groups in total. The molecule has 0 radical (unpaired) electrons. The second-order valence-corrected chi connectivity index (χ2v) is 10.2. The summed E-state index contributed by atoms with van der Waals surface area (Å²) in [7, 11) is -3.97. The van der Waals surface area contributed by atoms with E-state index in [0.29, 0.717) is 22.6 Å². The molecule has 1 amide bonds. The predicted molar refractivity (Wildman–Crippen MR) is 136 cm³/mol. The van der Waals surface area contributed by atoms with Crippen LogP contribution >= 0.6 is 0 Å². The first kappa shape index (κ1) is 22.6. The summed E-state index contributed by atoms with van der Waals surface area (Å²) in [6.07, 6.45) is 1.44. The molecule has 1 heterocycles. The Morgan fingerprint density at radius 2 is 1.34 bits per heavy atom. The van der Waals surface area contributed by atoms with Crippen LogP contribution in [-0.2, 0) is 21.2 Å². The first-order chi connectivity index (χ1) is 17.0. The van der Waals surface area contributed by atoms with Crippen molar-refractivity contribution in [2.45, 2.75) is 11.9 Å². The molecule has 1 saturated heterocycles. The molecule has 174 valence electrons. The fourth-order valence-electron chi connectivity index (χ4n) is 4.16. The molecule has 1 fully saturated rings. The normalized spacial score (nSPS) is 18.1. The van der Waals surface area contributed by atoms with Crippen LogP contribution in [0.3, 0.4) is 0 Å². The quantitative estimate of drug-likeness (QED) is 0.318. The van der Waals surface area contributed by atoms with E-state index in [4.69, 9.17) is 4.74 Å². The van der Waals surface area contributed by atoms with Crippen molar-refractivity contribution < 1.29 is 17.9 Å². The fraction of sp³-hybridized carbons (Fsp3) is 0.0690. The molecule has 1 aliphatic heterocycles. The Hall–Kier alpha value is -4.16. The second kappa shape index (κ2) is 9.60. The van der Waals surface area contributed by atoms with E-state index in [2.05, 4.69) is 0 Å². The monoisotopic (exact) mass is 481 g/mol. The number of benzene rings is 4. The van der Waals surface area contributed by atoms with E-state index in [1.54, 1.807) is 48.5 Å². The van der Waals surface area contributed by atoms with Crippen LogP contribution in [-0.4, -0.2) is 19.2 Å². The molecule has 0 aliphatic carbocycles. The first-order valence-electron chi connectivity index (χ1n) is 11.2. The third-order valence-corrected chi connectivity index (χ3v) is 7.79. The highest BCUT2D eigenvalue weighted by atomic mass is 32.2. The van der Waals surface area contributed by atoms with E-state index in [0.717, 1.165) is 5.56 Å². The summed E-state index contributed by atoms with van der Waals surface area (Å²) in [5.41, 5.74) is 1.98. The lowest BCUT2D eigenvalue weighted by Gasteiger charge is -2.23. The molecule has 35 heavy (non-hydrogen) atoms. The van der Waals surface area contributed by atoms with Crippen molar-refractivity contribution in [3.05, 3.63) is 137 Å². The minimum absolute atomic E-state index is 0.187. The van der Waals surface area contributed by atoms with Crippen molar-refractivity contribution in [3.63, 3.8) is 0 Å². The Balaban J connectivity index is 1.54. The van der Waals surface area contributed by atoms with Gasteiger partial charge in [-0.2, -0.15) is 0 Å². The molecule has 5 nitrogen and oxygen atoms in total. The van der Waals surface area contributed by atoms with E-state index in [-0.39, 0.29) is 11.4 Å². The van der Waals surface area contributed by atoms with Crippen molar-refractivity contribution in [1.29, 1.82) is 0 Å². The van der Waals surface area contributed by atoms with Crippen LogP contribution in [0.2, 0.25) is 0 Å². The second-order valence-electron chi connectivity index (χ2n) is 8.22. The van der Waals surface area contributed by atoms with E-state index >= 15 is 0 Å². The zero-order chi connectivity index (χ0) is 24.3. The summed E-state index contributed by atoms with van der Waals surface area (Å²) < 4.78 is 33.3. The number of amides is 1. The fourth-order valence-corrected chi connectivity index (χ4v) is 6.08. The first-order valence-corrected chi connectivity index (χ1v) is 12.8. The maximum atomic E-state index is 13.7. The third-order valence-electron chi connectivity index (χ3n) is 5.77. The van der Waals surface area contributed by atoms with Crippen molar-refractivity contribution >= 4 is 21.8 Å². The van der Waals surface area contributed by atoms with Gasteiger partial charge in [0.1, 0.15) is 16.4 Å². The number of para-hydroxylation sites is 1. The number of hydrogen-bond donors (Lipinski definition) is 0. The van der Waals surface area contributed by atoms with Gasteiger partial charge in [0, 0.05) is 6.54 Å². The van der Waals surface area contributed by atoms with Crippen molar-refractivity contribution in [2.24, 2.45) is 0 Å². The minimum Gasteiger partial charge on any atom is -0.457 e. The van der Waals surface area contributed by atoms with Gasteiger partial charge >= 0.3 is 0 Å². The maximum Gasteiger partial charge on any atom is 0.267 e. The number of carbonyl (C=O) groups is 1. The van der Waals surface area contributed by atoms with Crippen LogP contribution in [0.25, 0.3) is 6.08 Å². The molecule has 4 aromatic rings. The van der Waals surface area contributed by atoms with E-state index in [1.165, 1.54) is 11.0 Å². The number of sulfone groups is 1. The molecule has 5 rings (SSSR count). The summed E-state index contributed by atoms with van der Waals surface area (Å²) in [5.74, 6) is 0.700. The van der Waals surface area contributed by atoms with Gasteiger partial charge in [-0.15, -0.1) is 0 Å². The van der Waals surface area contributed by atoms with Crippen LogP contribution in [0.4, 0.5) is 0 Å². The minimum atomic E-state index is -3.97.